The number of hydrogen-bond donors (Lipinski definition) is 0. The summed E-state index contributed by atoms with van der Waals surface area (Å²) in [6.45, 7) is 0. The second-order valence-electron chi connectivity index (χ2n) is 3.40. The van der Waals surface area contributed by atoms with Crippen molar-refractivity contribution >= 4 is 11.8 Å². The summed E-state index contributed by atoms with van der Waals surface area (Å²) in [4.78, 5) is 4.39. The lowest BCUT2D eigenvalue weighted by Gasteiger charge is -2.09. The number of rotatable bonds is 4. The zero-order valence-electron chi connectivity index (χ0n) is 10.4. The summed E-state index contributed by atoms with van der Waals surface area (Å²) in [5.41, 5.74) is 1.67. The van der Waals surface area contributed by atoms with Gasteiger partial charge in [0.1, 0.15) is 0 Å². The van der Waals surface area contributed by atoms with E-state index in [1.165, 1.54) is 11.8 Å². The molecule has 1 heterocycles. The number of aromatic nitrogens is 3. The molecule has 18 heavy (non-hydrogen) atoms. The van der Waals surface area contributed by atoms with Crippen LogP contribution >= 0.6 is 11.8 Å². The number of thioether (sulfide) groups is 1. The minimum atomic E-state index is 0.641. The van der Waals surface area contributed by atoms with Crippen LogP contribution in [-0.2, 0) is 0 Å². The Morgan fingerprint density at radius 2 is 1.89 bits per heavy atom. The van der Waals surface area contributed by atoms with Crippen LogP contribution in [0.25, 0.3) is 11.3 Å². The molecule has 2 rings (SSSR count). The first-order chi connectivity index (χ1) is 8.78. The second-order valence-corrected chi connectivity index (χ2v) is 4.17. The summed E-state index contributed by atoms with van der Waals surface area (Å²) in [6, 6.07) is 5.62. The highest BCUT2D eigenvalue weighted by molar-refractivity contribution is 7.98. The van der Waals surface area contributed by atoms with Crippen molar-refractivity contribution in [3.8, 4) is 22.8 Å². The van der Waals surface area contributed by atoms with Gasteiger partial charge in [-0.05, 0) is 24.5 Å². The fraction of sp³-hybridized carbons (Fsp3) is 0.250. The van der Waals surface area contributed by atoms with Crippen molar-refractivity contribution in [2.75, 3.05) is 20.5 Å². The van der Waals surface area contributed by atoms with Gasteiger partial charge in [-0.25, -0.2) is 4.98 Å². The van der Waals surface area contributed by atoms with Crippen molar-refractivity contribution in [3.05, 3.63) is 24.4 Å². The molecule has 1 aromatic heterocycles. The molecule has 0 amide bonds. The first-order valence-corrected chi connectivity index (χ1v) is 6.47. The third-order valence-electron chi connectivity index (χ3n) is 2.40. The lowest BCUT2D eigenvalue weighted by Crippen LogP contribution is -1.94. The van der Waals surface area contributed by atoms with E-state index in [0.717, 1.165) is 11.3 Å². The Kier molecular flexibility index (Phi) is 3.99. The SMILES string of the molecule is COc1ccc(-c2cnnc(SC)n2)cc1OC. The Bertz CT molecular complexity index is 549. The van der Waals surface area contributed by atoms with Crippen molar-refractivity contribution in [2.45, 2.75) is 5.16 Å². The van der Waals surface area contributed by atoms with Gasteiger partial charge in [0.2, 0.25) is 5.16 Å². The van der Waals surface area contributed by atoms with Crippen molar-refractivity contribution in [1.82, 2.24) is 15.2 Å². The van der Waals surface area contributed by atoms with E-state index >= 15 is 0 Å². The van der Waals surface area contributed by atoms with Gasteiger partial charge < -0.3 is 9.47 Å². The quantitative estimate of drug-likeness (QED) is 0.789. The van der Waals surface area contributed by atoms with Crippen LogP contribution in [0.2, 0.25) is 0 Å². The third-order valence-corrected chi connectivity index (χ3v) is 2.94. The average molecular weight is 263 g/mol. The van der Waals surface area contributed by atoms with Gasteiger partial charge >= 0.3 is 0 Å². The maximum absolute atomic E-state index is 5.26. The molecule has 0 radical (unpaired) electrons. The van der Waals surface area contributed by atoms with E-state index in [1.54, 1.807) is 20.4 Å². The van der Waals surface area contributed by atoms with Crippen LogP contribution in [0.4, 0.5) is 0 Å². The smallest absolute Gasteiger partial charge is 0.209 e. The molecule has 0 saturated carbocycles. The van der Waals surface area contributed by atoms with E-state index in [-0.39, 0.29) is 0 Å². The van der Waals surface area contributed by atoms with Gasteiger partial charge in [0, 0.05) is 5.56 Å². The Morgan fingerprint density at radius 3 is 2.56 bits per heavy atom. The Labute approximate surface area is 110 Å². The third kappa shape index (κ3) is 2.53. The van der Waals surface area contributed by atoms with Gasteiger partial charge in [-0.15, -0.1) is 5.10 Å². The van der Waals surface area contributed by atoms with E-state index in [4.69, 9.17) is 9.47 Å². The van der Waals surface area contributed by atoms with E-state index < -0.39 is 0 Å². The zero-order valence-corrected chi connectivity index (χ0v) is 11.2. The molecule has 2 aromatic rings. The molecule has 0 aliphatic carbocycles. The van der Waals surface area contributed by atoms with Gasteiger partial charge in [-0.3, -0.25) is 0 Å². The standard InChI is InChI=1S/C12H13N3O2S/c1-16-10-5-4-8(6-11(10)17-2)9-7-13-15-12(14-9)18-3/h4-7H,1-3H3. The molecule has 0 atom stereocenters. The van der Waals surface area contributed by atoms with Gasteiger partial charge in [0.05, 0.1) is 26.1 Å². The highest BCUT2D eigenvalue weighted by Gasteiger charge is 2.08. The molecule has 94 valence electrons. The Balaban J connectivity index is 2.43. The lowest BCUT2D eigenvalue weighted by atomic mass is 10.1. The van der Waals surface area contributed by atoms with Gasteiger partial charge in [-0.2, -0.15) is 5.10 Å². The molecule has 6 heteroatoms. The molecule has 0 bridgehead atoms. The van der Waals surface area contributed by atoms with Crippen LogP contribution in [-0.4, -0.2) is 35.7 Å². The van der Waals surface area contributed by atoms with Crippen LogP contribution < -0.4 is 9.47 Å². The van der Waals surface area contributed by atoms with Crippen molar-refractivity contribution in [1.29, 1.82) is 0 Å². The number of benzene rings is 1. The molecular formula is C12H13N3O2S. The van der Waals surface area contributed by atoms with Gasteiger partial charge in [0.25, 0.3) is 0 Å². The molecule has 1 aromatic carbocycles. The molecule has 0 unspecified atom stereocenters. The molecule has 0 spiro atoms. The lowest BCUT2D eigenvalue weighted by molar-refractivity contribution is 0.355. The normalized spacial score (nSPS) is 10.2. The Hall–Kier alpha value is -1.82. The number of ether oxygens (including phenoxy) is 2. The van der Waals surface area contributed by atoms with Crippen LogP contribution in [0.5, 0.6) is 11.5 Å². The molecule has 0 N–H and O–H groups in total. The summed E-state index contributed by atoms with van der Waals surface area (Å²) in [6.07, 6.45) is 3.54. The topological polar surface area (TPSA) is 57.1 Å². The highest BCUT2D eigenvalue weighted by Crippen LogP contribution is 2.31. The summed E-state index contributed by atoms with van der Waals surface area (Å²) < 4.78 is 10.5. The highest BCUT2D eigenvalue weighted by atomic mass is 32.2. The molecule has 0 fully saturated rings. The van der Waals surface area contributed by atoms with Crippen LogP contribution in [0.3, 0.4) is 0 Å². The molecule has 0 saturated heterocycles. The predicted molar refractivity (Wildman–Crippen MR) is 70.1 cm³/mol. The van der Waals surface area contributed by atoms with E-state index in [2.05, 4.69) is 15.2 Å². The van der Waals surface area contributed by atoms with Crippen LogP contribution in [0, 0.1) is 0 Å². The molecular weight excluding hydrogens is 250 g/mol. The zero-order chi connectivity index (χ0) is 13.0. The van der Waals surface area contributed by atoms with Crippen molar-refractivity contribution < 1.29 is 9.47 Å². The molecule has 5 nitrogen and oxygen atoms in total. The second kappa shape index (κ2) is 5.68. The number of hydrogen-bond acceptors (Lipinski definition) is 6. The van der Waals surface area contributed by atoms with Crippen LogP contribution in [0.1, 0.15) is 0 Å². The van der Waals surface area contributed by atoms with Crippen molar-refractivity contribution in [3.63, 3.8) is 0 Å². The minimum absolute atomic E-state index is 0.641. The summed E-state index contributed by atoms with van der Waals surface area (Å²) in [5, 5.41) is 8.47. The van der Waals surface area contributed by atoms with Gasteiger partial charge in [-0.1, -0.05) is 11.8 Å². The monoisotopic (exact) mass is 263 g/mol. The maximum Gasteiger partial charge on any atom is 0.209 e. The van der Waals surface area contributed by atoms with Crippen molar-refractivity contribution in [2.24, 2.45) is 0 Å². The maximum atomic E-state index is 5.26. The summed E-state index contributed by atoms with van der Waals surface area (Å²) in [5.74, 6) is 1.35. The average Bonchev–Trinajstić information content (AvgIpc) is 2.46. The van der Waals surface area contributed by atoms with Crippen LogP contribution in [0.15, 0.2) is 29.6 Å². The summed E-state index contributed by atoms with van der Waals surface area (Å²) in [7, 11) is 3.21. The minimum Gasteiger partial charge on any atom is -0.493 e. The Morgan fingerprint density at radius 1 is 1.11 bits per heavy atom. The van der Waals surface area contributed by atoms with E-state index in [0.29, 0.717) is 16.7 Å². The first kappa shape index (κ1) is 12.6. The molecule has 0 aliphatic rings. The predicted octanol–water partition coefficient (Wildman–Crippen LogP) is 2.28. The fourth-order valence-electron chi connectivity index (χ4n) is 1.51. The van der Waals surface area contributed by atoms with E-state index in [9.17, 15) is 0 Å². The van der Waals surface area contributed by atoms with E-state index in [1.807, 2.05) is 24.5 Å². The first-order valence-electron chi connectivity index (χ1n) is 5.24. The summed E-state index contributed by atoms with van der Waals surface area (Å²) >= 11 is 1.45. The fourth-order valence-corrected chi connectivity index (χ4v) is 1.83. The molecule has 0 aliphatic heterocycles. The number of nitrogens with zero attached hydrogens (tertiary/aromatic N) is 3. The largest absolute Gasteiger partial charge is 0.493 e. The van der Waals surface area contributed by atoms with Gasteiger partial charge in [0.15, 0.2) is 11.5 Å². The number of methoxy groups -OCH3 is 2.